The van der Waals surface area contributed by atoms with Crippen molar-refractivity contribution in [3.8, 4) is 5.75 Å². The number of anilines is 1. The summed E-state index contributed by atoms with van der Waals surface area (Å²) in [4.78, 5) is 12.2. The van der Waals surface area contributed by atoms with Crippen LogP contribution in [-0.2, 0) is 9.84 Å². The summed E-state index contributed by atoms with van der Waals surface area (Å²) in [5.41, 5.74) is 1.52. The van der Waals surface area contributed by atoms with Crippen LogP contribution in [0.4, 0.5) is 5.69 Å². The smallest absolute Gasteiger partial charge is 0.255 e. The standard InChI is InChI=1S/C15H15NO4S/c1-10-9-11(3-8-14(10)17)15(18)16-12-4-6-13(7-5-12)21(2,19)20/h3-9,17H,1-2H3,(H,16,18). The fourth-order valence-corrected chi connectivity index (χ4v) is 2.42. The van der Waals surface area contributed by atoms with E-state index in [9.17, 15) is 18.3 Å². The van der Waals surface area contributed by atoms with E-state index < -0.39 is 9.84 Å². The summed E-state index contributed by atoms with van der Waals surface area (Å²) in [6.45, 7) is 1.70. The van der Waals surface area contributed by atoms with E-state index in [1.165, 1.54) is 36.4 Å². The Bertz CT molecular complexity index is 780. The average Bonchev–Trinajstić information content (AvgIpc) is 2.41. The molecular weight excluding hydrogens is 290 g/mol. The number of aryl methyl sites for hydroxylation is 1. The zero-order valence-electron chi connectivity index (χ0n) is 11.6. The Hall–Kier alpha value is -2.34. The summed E-state index contributed by atoms with van der Waals surface area (Å²) in [5, 5.41) is 12.1. The number of phenolic OH excluding ortho intramolecular Hbond substituents is 1. The highest BCUT2D eigenvalue weighted by Crippen LogP contribution is 2.19. The molecular formula is C15H15NO4S. The van der Waals surface area contributed by atoms with Crippen LogP contribution in [0, 0.1) is 6.92 Å². The molecule has 2 aromatic carbocycles. The Kier molecular flexibility index (Phi) is 3.99. The fourth-order valence-electron chi connectivity index (χ4n) is 1.79. The van der Waals surface area contributed by atoms with Crippen molar-refractivity contribution in [1.82, 2.24) is 0 Å². The zero-order valence-corrected chi connectivity index (χ0v) is 12.4. The molecule has 0 aromatic heterocycles. The molecule has 0 saturated carbocycles. The Morgan fingerprint density at radius 1 is 1.10 bits per heavy atom. The van der Waals surface area contributed by atoms with Gasteiger partial charge < -0.3 is 10.4 Å². The van der Waals surface area contributed by atoms with Crippen LogP contribution >= 0.6 is 0 Å². The van der Waals surface area contributed by atoms with Crippen LogP contribution in [0.25, 0.3) is 0 Å². The van der Waals surface area contributed by atoms with Gasteiger partial charge in [0.2, 0.25) is 0 Å². The lowest BCUT2D eigenvalue weighted by Crippen LogP contribution is -2.12. The summed E-state index contributed by atoms with van der Waals surface area (Å²) in [7, 11) is -3.25. The fraction of sp³-hybridized carbons (Fsp3) is 0.133. The molecule has 6 heteroatoms. The van der Waals surface area contributed by atoms with Crippen LogP contribution in [0.5, 0.6) is 5.75 Å². The quantitative estimate of drug-likeness (QED) is 0.912. The van der Waals surface area contributed by atoms with Crippen molar-refractivity contribution in [2.24, 2.45) is 0 Å². The van der Waals surface area contributed by atoms with Crippen LogP contribution in [0.2, 0.25) is 0 Å². The first-order valence-electron chi connectivity index (χ1n) is 6.18. The van der Waals surface area contributed by atoms with Gasteiger partial charge in [0, 0.05) is 17.5 Å². The van der Waals surface area contributed by atoms with Gasteiger partial charge in [-0.3, -0.25) is 4.79 Å². The Morgan fingerprint density at radius 2 is 1.71 bits per heavy atom. The van der Waals surface area contributed by atoms with Gasteiger partial charge in [0.25, 0.3) is 5.91 Å². The van der Waals surface area contributed by atoms with Gasteiger partial charge in [-0.15, -0.1) is 0 Å². The average molecular weight is 305 g/mol. The van der Waals surface area contributed by atoms with Crippen LogP contribution in [-0.4, -0.2) is 25.7 Å². The molecule has 21 heavy (non-hydrogen) atoms. The van der Waals surface area contributed by atoms with Crippen LogP contribution < -0.4 is 5.32 Å². The molecule has 2 rings (SSSR count). The van der Waals surface area contributed by atoms with Gasteiger partial charge in [0.1, 0.15) is 5.75 Å². The first kappa shape index (κ1) is 15.1. The molecule has 0 unspecified atom stereocenters. The van der Waals surface area contributed by atoms with Crippen molar-refractivity contribution in [1.29, 1.82) is 0 Å². The second-order valence-electron chi connectivity index (χ2n) is 4.75. The van der Waals surface area contributed by atoms with E-state index in [1.807, 2.05) is 0 Å². The number of amides is 1. The number of benzene rings is 2. The van der Waals surface area contributed by atoms with Crippen molar-refractivity contribution < 1.29 is 18.3 Å². The number of nitrogens with one attached hydrogen (secondary N) is 1. The van der Waals surface area contributed by atoms with Crippen LogP contribution in [0.15, 0.2) is 47.4 Å². The van der Waals surface area contributed by atoms with E-state index in [1.54, 1.807) is 13.0 Å². The minimum Gasteiger partial charge on any atom is -0.508 e. The molecule has 0 radical (unpaired) electrons. The molecule has 2 N–H and O–H groups in total. The van der Waals surface area contributed by atoms with Crippen LogP contribution in [0.1, 0.15) is 15.9 Å². The summed E-state index contributed by atoms with van der Waals surface area (Å²) in [5.74, 6) is -0.200. The maximum absolute atomic E-state index is 12.0. The molecule has 0 saturated heterocycles. The molecule has 0 aliphatic carbocycles. The molecule has 0 aliphatic heterocycles. The number of carbonyl (C=O) groups excluding carboxylic acids is 1. The first-order chi connectivity index (χ1) is 9.77. The lowest BCUT2D eigenvalue weighted by atomic mass is 10.1. The summed E-state index contributed by atoms with van der Waals surface area (Å²) in [6.07, 6.45) is 1.12. The minimum atomic E-state index is -3.25. The zero-order chi connectivity index (χ0) is 15.6. The monoisotopic (exact) mass is 305 g/mol. The minimum absolute atomic E-state index is 0.129. The largest absolute Gasteiger partial charge is 0.508 e. The molecule has 0 heterocycles. The van der Waals surface area contributed by atoms with Gasteiger partial charge in [-0.05, 0) is 55.0 Å². The maximum Gasteiger partial charge on any atom is 0.255 e. The molecule has 1 amide bonds. The lowest BCUT2D eigenvalue weighted by molar-refractivity contribution is 0.102. The third-order valence-electron chi connectivity index (χ3n) is 3.00. The van der Waals surface area contributed by atoms with E-state index in [0.29, 0.717) is 16.8 Å². The van der Waals surface area contributed by atoms with Crippen LogP contribution in [0.3, 0.4) is 0 Å². The summed E-state index contributed by atoms with van der Waals surface area (Å²) < 4.78 is 22.7. The van der Waals surface area contributed by atoms with Gasteiger partial charge in [-0.25, -0.2) is 8.42 Å². The van der Waals surface area contributed by atoms with Gasteiger partial charge in [-0.2, -0.15) is 0 Å². The summed E-state index contributed by atoms with van der Waals surface area (Å²) in [6, 6.07) is 10.5. The van der Waals surface area contributed by atoms with Gasteiger partial charge in [0.05, 0.1) is 4.90 Å². The van der Waals surface area contributed by atoms with E-state index in [4.69, 9.17) is 0 Å². The normalized spacial score (nSPS) is 11.1. The summed E-state index contributed by atoms with van der Waals surface area (Å²) >= 11 is 0. The van der Waals surface area contributed by atoms with Crippen molar-refractivity contribution >= 4 is 21.4 Å². The maximum atomic E-state index is 12.0. The highest BCUT2D eigenvalue weighted by atomic mass is 32.2. The second kappa shape index (κ2) is 5.57. The topological polar surface area (TPSA) is 83.5 Å². The Morgan fingerprint density at radius 3 is 2.24 bits per heavy atom. The number of rotatable bonds is 3. The first-order valence-corrected chi connectivity index (χ1v) is 8.07. The molecule has 0 aliphatic rings. The Labute approximate surface area is 123 Å². The Balaban J connectivity index is 2.18. The second-order valence-corrected chi connectivity index (χ2v) is 6.77. The molecule has 0 atom stereocenters. The van der Waals surface area contributed by atoms with E-state index in [-0.39, 0.29) is 16.6 Å². The van der Waals surface area contributed by atoms with E-state index in [0.717, 1.165) is 6.26 Å². The predicted molar refractivity (Wildman–Crippen MR) is 80.3 cm³/mol. The lowest BCUT2D eigenvalue weighted by Gasteiger charge is -2.07. The van der Waals surface area contributed by atoms with Gasteiger partial charge >= 0.3 is 0 Å². The van der Waals surface area contributed by atoms with E-state index in [2.05, 4.69) is 5.32 Å². The SMILES string of the molecule is Cc1cc(C(=O)Nc2ccc(S(C)(=O)=O)cc2)ccc1O. The molecule has 0 spiro atoms. The highest BCUT2D eigenvalue weighted by Gasteiger charge is 2.10. The van der Waals surface area contributed by atoms with Crippen molar-refractivity contribution in [3.63, 3.8) is 0 Å². The number of carbonyl (C=O) groups is 1. The van der Waals surface area contributed by atoms with Crippen molar-refractivity contribution in [2.75, 3.05) is 11.6 Å². The van der Waals surface area contributed by atoms with Gasteiger partial charge in [0.15, 0.2) is 9.84 Å². The number of phenols is 1. The molecule has 5 nitrogen and oxygen atoms in total. The highest BCUT2D eigenvalue weighted by molar-refractivity contribution is 7.90. The third kappa shape index (κ3) is 3.61. The molecule has 110 valence electrons. The number of aromatic hydroxyl groups is 1. The molecule has 2 aromatic rings. The predicted octanol–water partition coefficient (Wildman–Crippen LogP) is 2.36. The van der Waals surface area contributed by atoms with Gasteiger partial charge in [-0.1, -0.05) is 0 Å². The number of hydrogen-bond donors (Lipinski definition) is 2. The molecule has 0 fully saturated rings. The molecule has 0 bridgehead atoms. The van der Waals surface area contributed by atoms with E-state index >= 15 is 0 Å². The van der Waals surface area contributed by atoms with Crippen molar-refractivity contribution in [3.05, 3.63) is 53.6 Å². The third-order valence-corrected chi connectivity index (χ3v) is 4.13. The van der Waals surface area contributed by atoms with Crippen molar-refractivity contribution in [2.45, 2.75) is 11.8 Å². The number of hydrogen-bond acceptors (Lipinski definition) is 4. The number of sulfone groups is 1.